The van der Waals surface area contributed by atoms with Crippen molar-refractivity contribution in [2.75, 3.05) is 6.54 Å². The fourth-order valence-corrected chi connectivity index (χ4v) is 3.83. The van der Waals surface area contributed by atoms with Gasteiger partial charge in [-0.05, 0) is 43.4 Å². The van der Waals surface area contributed by atoms with Gasteiger partial charge in [0.2, 0.25) is 5.91 Å². The average Bonchev–Trinajstić information content (AvgIpc) is 3.25. The summed E-state index contributed by atoms with van der Waals surface area (Å²) in [6.07, 6.45) is 6.84. The normalized spacial score (nSPS) is 18.6. The molecule has 4 nitrogen and oxygen atoms in total. The molecule has 2 heterocycles. The highest BCUT2D eigenvalue weighted by atomic mass is 16.2. The van der Waals surface area contributed by atoms with Gasteiger partial charge in [-0.3, -0.25) is 4.79 Å². The molecule has 1 aromatic heterocycles. The highest BCUT2D eigenvalue weighted by Gasteiger charge is 2.32. The zero-order valence-electron chi connectivity index (χ0n) is 15.8. The van der Waals surface area contributed by atoms with Crippen LogP contribution in [0.3, 0.4) is 0 Å². The Labute approximate surface area is 150 Å². The van der Waals surface area contributed by atoms with Crippen LogP contribution in [-0.2, 0) is 17.8 Å². The number of benzene rings is 1. The summed E-state index contributed by atoms with van der Waals surface area (Å²) >= 11 is 0. The van der Waals surface area contributed by atoms with Crippen LogP contribution < -0.4 is 0 Å². The molecule has 0 radical (unpaired) electrons. The third-order valence-corrected chi connectivity index (χ3v) is 5.46. The Morgan fingerprint density at radius 2 is 2.12 bits per heavy atom. The number of rotatable bonds is 5. The fourth-order valence-electron chi connectivity index (χ4n) is 3.83. The Morgan fingerprint density at radius 3 is 2.84 bits per heavy atom. The predicted molar refractivity (Wildman–Crippen MR) is 100 cm³/mol. The van der Waals surface area contributed by atoms with E-state index in [-0.39, 0.29) is 17.9 Å². The van der Waals surface area contributed by atoms with Crippen LogP contribution in [0.4, 0.5) is 0 Å². The second-order valence-electron chi connectivity index (χ2n) is 7.28. The summed E-state index contributed by atoms with van der Waals surface area (Å²) in [7, 11) is 0. The molecule has 0 aliphatic carbocycles. The number of carbonyl (C=O) groups excluding carboxylic acids is 1. The third kappa shape index (κ3) is 3.63. The third-order valence-electron chi connectivity index (χ3n) is 5.46. The zero-order chi connectivity index (χ0) is 18.0. The van der Waals surface area contributed by atoms with Crippen LogP contribution in [0.5, 0.6) is 0 Å². The van der Waals surface area contributed by atoms with Crippen molar-refractivity contribution in [3.05, 3.63) is 53.1 Å². The lowest BCUT2D eigenvalue weighted by Crippen LogP contribution is -2.36. The first kappa shape index (κ1) is 17.7. The number of imidazole rings is 1. The van der Waals surface area contributed by atoms with E-state index < -0.39 is 0 Å². The summed E-state index contributed by atoms with van der Waals surface area (Å²) < 4.78 is 2.11. The minimum absolute atomic E-state index is 0.0355. The summed E-state index contributed by atoms with van der Waals surface area (Å²) in [5, 5.41) is 0. The van der Waals surface area contributed by atoms with Crippen LogP contribution >= 0.6 is 0 Å². The monoisotopic (exact) mass is 339 g/mol. The highest BCUT2D eigenvalue weighted by Crippen LogP contribution is 2.34. The van der Waals surface area contributed by atoms with E-state index in [9.17, 15) is 4.79 Å². The molecule has 2 atom stereocenters. The standard InChI is InChI=1S/C21H29N3O/c1-5-20-22-10-12-23(20)14-17(4)21(25)24-11-6-7-19(24)18-9-8-15(2)16(3)13-18/h8-10,12-13,17,19H,5-7,11,14H2,1-4H3/t17-,19+/m0/s1. The fraction of sp³-hybridized carbons (Fsp3) is 0.524. The molecule has 1 fully saturated rings. The van der Waals surface area contributed by atoms with Crippen molar-refractivity contribution >= 4 is 5.91 Å². The van der Waals surface area contributed by atoms with Gasteiger partial charge >= 0.3 is 0 Å². The number of carbonyl (C=O) groups is 1. The number of likely N-dealkylation sites (tertiary alicyclic amines) is 1. The molecule has 1 saturated heterocycles. The van der Waals surface area contributed by atoms with Gasteiger partial charge in [-0.25, -0.2) is 4.98 Å². The van der Waals surface area contributed by atoms with E-state index in [1.54, 1.807) is 0 Å². The van der Waals surface area contributed by atoms with Gasteiger partial charge in [-0.2, -0.15) is 0 Å². The summed E-state index contributed by atoms with van der Waals surface area (Å²) in [6, 6.07) is 6.84. The van der Waals surface area contributed by atoms with Crippen LogP contribution in [0, 0.1) is 19.8 Å². The molecule has 2 aromatic rings. The van der Waals surface area contributed by atoms with E-state index in [1.165, 1.54) is 16.7 Å². The molecule has 0 spiro atoms. The van der Waals surface area contributed by atoms with Crippen LogP contribution in [0.15, 0.2) is 30.6 Å². The Bertz CT molecular complexity index is 749. The molecule has 25 heavy (non-hydrogen) atoms. The van der Waals surface area contributed by atoms with Crippen molar-refractivity contribution in [1.82, 2.24) is 14.5 Å². The van der Waals surface area contributed by atoms with Crippen molar-refractivity contribution in [1.29, 1.82) is 0 Å². The molecule has 134 valence electrons. The predicted octanol–water partition coefficient (Wildman–Crippen LogP) is 4.06. The molecule has 4 heteroatoms. The van der Waals surface area contributed by atoms with Crippen molar-refractivity contribution in [3.63, 3.8) is 0 Å². The molecular weight excluding hydrogens is 310 g/mol. The molecule has 1 aromatic carbocycles. The topological polar surface area (TPSA) is 38.1 Å². The van der Waals surface area contributed by atoms with Crippen LogP contribution in [0.25, 0.3) is 0 Å². The van der Waals surface area contributed by atoms with Crippen molar-refractivity contribution < 1.29 is 4.79 Å². The number of aryl methyl sites for hydroxylation is 3. The Balaban J connectivity index is 1.74. The van der Waals surface area contributed by atoms with Crippen LogP contribution in [0.1, 0.15) is 55.2 Å². The summed E-state index contributed by atoms with van der Waals surface area (Å²) in [4.78, 5) is 19.6. The Hall–Kier alpha value is -2.10. The van der Waals surface area contributed by atoms with Gasteiger partial charge in [0.15, 0.2) is 0 Å². The lowest BCUT2D eigenvalue weighted by molar-refractivity contribution is -0.136. The quantitative estimate of drug-likeness (QED) is 0.824. The van der Waals surface area contributed by atoms with E-state index in [4.69, 9.17) is 0 Å². The number of amides is 1. The summed E-state index contributed by atoms with van der Waals surface area (Å²) in [5.74, 6) is 1.27. The van der Waals surface area contributed by atoms with Crippen molar-refractivity contribution in [2.24, 2.45) is 5.92 Å². The van der Waals surface area contributed by atoms with Crippen molar-refractivity contribution in [2.45, 2.75) is 59.5 Å². The van der Waals surface area contributed by atoms with Crippen molar-refractivity contribution in [3.8, 4) is 0 Å². The largest absolute Gasteiger partial charge is 0.335 e. The Morgan fingerprint density at radius 1 is 1.32 bits per heavy atom. The average molecular weight is 339 g/mol. The maximum atomic E-state index is 13.1. The van der Waals surface area contributed by atoms with E-state index in [0.29, 0.717) is 6.54 Å². The maximum Gasteiger partial charge on any atom is 0.227 e. The summed E-state index contributed by atoms with van der Waals surface area (Å²) in [5.41, 5.74) is 3.88. The first-order valence-corrected chi connectivity index (χ1v) is 9.39. The first-order valence-electron chi connectivity index (χ1n) is 9.39. The second-order valence-corrected chi connectivity index (χ2v) is 7.28. The SMILES string of the molecule is CCc1nccn1C[C@H](C)C(=O)N1CCC[C@@H]1c1ccc(C)c(C)c1. The molecule has 1 amide bonds. The molecule has 0 saturated carbocycles. The van der Waals surface area contributed by atoms with E-state index in [0.717, 1.165) is 31.6 Å². The summed E-state index contributed by atoms with van der Waals surface area (Å²) in [6.45, 7) is 9.99. The smallest absolute Gasteiger partial charge is 0.227 e. The lowest BCUT2D eigenvalue weighted by Gasteiger charge is -2.28. The van der Waals surface area contributed by atoms with Gasteiger partial charge < -0.3 is 9.47 Å². The van der Waals surface area contributed by atoms with E-state index in [1.807, 2.05) is 19.3 Å². The number of nitrogens with zero attached hydrogens (tertiary/aromatic N) is 3. The molecular formula is C21H29N3O. The van der Waals surface area contributed by atoms with Gasteiger partial charge in [0, 0.05) is 31.9 Å². The minimum atomic E-state index is -0.0355. The molecule has 3 rings (SSSR count). The molecule has 0 bridgehead atoms. The van der Waals surface area contributed by atoms with Gasteiger partial charge in [0.1, 0.15) is 5.82 Å². The van der Waals surface area contributed by atoms with Crippen LogP contribution in [0.2, 0.25) is 0 Å². The molecule has 0 unspecified atom stereocenters. The van der Waals surface area contributed by atoms with E-state index >= 15 is 0 Å². The number of hydrogen-bond acceptors (Lipinski definition) is 2. The highest BCUT2D eigenvalue weighted by molar-refractivity contribution is 5.79. The second kappa shape index (κ2) is 7.42. The zero-order valence-corrected chi connectivity index (χ0v) is 15.8. The van der Waals surface area contributed by atoms with Gasteiger partial charge in [-0.1, -0.05) is 32.0 Å². The van der Waals surface area contributed by atoms with Gasteiger partial charge in [0.25, 0.3) is 0 Å². The lowest BCUT2D eigenvalue weighted by atomic mass is 9.98. The molecule has 1 aliphatic rings. The maximum absolute atomic E-state index is 13.1. The number of aromatic nitrogens is 2. The Kier molecular flexibility index (Phi) is 5.26. The number of hydrogen-bond donors (Lipinski definition) is 0. The van der Waals surface area contributed by atoms with Crippen LogP contribution in [-0.4, -0.2) is 26.9 Å². The first-order chi connectivity index (χ1) is 12.0. The molecule has 1 aliphatic heterocycles. The van der Waals surface area contributed by atoms with Gasteiger partial charge in [-0.15, -0.1) is 0 Å². The van der Waals surface area contributed by atoms with Gasteiger partial charge in [0.05, 0.1) is 12.0 Å². The van der Waals surface area contributed by atoms with E-state index in [2.05, 4.69) is 53.4 Å². The molecule has 0 N–H and O–H groups in total. The minimum Gasteiger partial charge on any atom is -0.335 e.